The Balaban J connectivity index is 0.000000876. The molecule has 4 aromatic heterocycles. The number of carbonyl (C=O) groups is 5. The Morgan fingerprint density at radius 1 is 0.857 bits per heavy atom. The number of methoxy groups -OCH3 is 2. The molecule has 2 aliphatic heterocycles. The molecule has 2 aromatic carbocycles. The Labute approximate surface area is 396 Å². The molecule has 6 heterocycles. The third-order valence-corrected chi connectivity index (χ3v) is 12.8. The molecule has 3 aliphatic rings. The maximum absolute atomic E-state index is 14.8. The van der Waals surface area contributed by atoms with Crippen molar-refractivity contribution in [1.29, 1.82) is 0 Å². The number of pyridine rings is 1. The van der Waals surface area contributed by atoms with E-state index in [0.29, 0.717) is 24.5 Å². The maximum atomic E-state index is 14.8. The predicted octanol–water partition coefficient (Wildman–Crippen LogP) is 7.92. The number of imidazole rings is 2. The summed E-state index contributed by atoms with van der Waals surface area (Å²) in [7, 11) is 2.50. The molecule has 5 atom stereocenters. The highest BCUT2D eigenvalue weighted by molar-refractivity contribution is 5.90. The van der Waals surface area contributed by atoms with Crippen molar-refractivity contribution in [3.63, 3.8) is 0 Å². The van der Waals surface area contributed by atoms with Crippen LogP contribution in [-0.4, -0.2) is 114 Å². The Bertz CT molecular complexity index is 2950. The smallest absolute Gasteiger partial charge is 0.475 e. The van der Waals surface area contributed by atoms with Crippen molar-refractivity contribution in [2.24, 2.45) is 5.92 Å². The highest BCUT2D eigenvalue weighted by atomic mass is 19.4. The molecule has 1 fully saturated rings. The van der Waals surface area contributed by atoms with Crippen LogP contribution in [0, 0.1) is 5.92 Å². The standard InChI is InChI=1S/C46H47F2N9O6.C2HF3O2/c1-24(2)39(55-45(61)63-4)43(59)57-23-46(47,48)18-36(57)42-51-20-34(53-42)26-7-5-25(6-8-26)28-9-10-29-15-30(19-49-33(29)16-28)35-21-50-41(52-35)31-17-37(58)38-32(54-44(60)62-3)12-11-27-13-14-56(22-31)40(27)38;3-2(4,5)1(6)7/h5-10,13-16,19-21,24,31-32,36,38-39H,11-12,17-18,22-23H2,1-4H3,(H,50,52)(H,51,53)(H,54,60)(H,55,61);(H,6,7)/t31-,32-,36-,38?,39-;/m0./s1. The van der Waals surface area contributed by atoms with Gasteiger partial charge in [0.2, 0.25) is 5.91 Å². The number of hydrogen-bond donors (Lipinski definition) is 5. The number of nitrogens with one attached hydrogen (secondary N) is 4. The van der Waals surface area contributed by atoms with Gasteiger partial charge in [-0.25, -0.2) is 33.1 Å². The summed E-state index contributed by atoms with van der Waals surface area (Å²) in [4.78, 5) is 82.0. The second-order valence-corrected chi connectivity index (χ2v) is 17.8. The Morgan fingerprint density at radius 3 is 2.17 bits per heavy atom. The third kappa shape index (κ3) is 10.2. The Kier molecular flexibility index (Phi) is 13.5. The molecule has 9 rings (SSSR count). The lowest BCUT2D eigenvalue weighted by Gasteiger charge is -2.31. The van der Waals surface area contributed by atoms with Gasteiger partial charge in [0.15, 0.2) is 0 Å². The molecular formula is C48H48F5N9O8. The topological polar surface area (TPSA) is 227 Å². The van der Waals surface area contributed by atoms with Gasteiger partial charge in [0, 0.05) is 60.4 Å². The zero-order chi connectivity index (χ0) is 50.2. The number of benzene rings is 2. The van der Waals surface area contributed by atoms with Gasteiger partial charge in [0.05, 0.1) is 62.0 Å². The number of amides is 3. The molecule has 22 heteroatoms. The number of aryl methyl sites for hydroxylation is 1. The van der Waals surface area contributed by atoms with E-state index in [1.54, 1.807) is 32.4 Å². The van der Waals surface area contributed by atoms with Crippen LogP contribution < -0.4 is 10.6 Å². The van der Waals surface area contributed by atoms with Crippen LogP contribution >= 0.6 is 0 Å². The van der Waals surface area contributed by atoms with Crippen molar-refractivity contribution in [1.82, 2.24) is 45.0 Å². The second-order valence-electron chi connectivity index (χ2n) is 17.8. The van der Waals surface area contributed by atoms with Crippen molar-refractivity contribution >= 4 is 40.7 Å². The van der Waals surface area contributed by atoms with E-state index in [-0.39, 0.29) is 35.9 Å². The highest BCUT2D eigenvalue weighted by Gasteiger charge is 2.50. The molecule has 0 radical (unpaired) electrons. The van der Waals surface area contributed by atoms with Crippen molar-refractivity contribution in [3.8, 4) is 33.6 Å². The summed E-state index contributed by atoms with van der Waals surface area (Å²) in [6.07, 6.45) is 1.83. The summed E-state index contributed by atoms with van der Waals surface area (Å²) >= 11 is 0. The fraction of sp³-hybridized carbons (Fsp3) is 0.375. The number of fused-ring (bicyclic) bond motifs is 1. The lowest BCUT2D eigenvalue weighted by atomic mass is 9.79. The first-order valence-electron chi connectivity index (χ1n) is 22.2. The maximum Gasteiger partial charge on any atom is 0.490 e. The molecule has 1 saturated heterocycles. The molecule has 1 aliphatic carbocycles. The molecule has 3 amide bonds. The first kappa shape index (κ1) is 48.8. The van der Waals surface area contributed by atoms with Gasteiger partial charge >= 0.3 is 24.3 Å². The minimum atomic E-state index is -5.08. The van der Waals surface area contributed by atoms with Crippen LogP contribution in [0.1, 0.15) is 73.9 Å². The normalized spacial score (nSPS) is 19.9. The number of carboxylic acids is 1. The van der Waals surface area contributed by atoms with Gasteiger partial charge < -0.3 is 44.6 Å². The number of alkyl carbamates (subject to hydrolysis) is 2. The number of halogens is 5. The lowest BCUT2D eigenvalue weighted by molar-refractivity contribution is -0.192. The van der Waals surface area contributed by atoms with E-state index in [1.807, 2.05) is 54.7 Å². The summed E-state index contributed by atoms with van der Waals surface area (Å²) in [5.41, 5.74) is 7.81. The number of ether oxygens (including phenoxy) is 2. The van der Waals surface area contributed by atoms with Gasteiger partial charge in [-0.3, -0.25) is 14.6 Å². The summed E-state index contributed by atoms with van der Waals surface area (Å²) < 4.78 is 73.0. The van der Waals surface area contributed by atoms with Crippen LogP contribution in [-0.2, 0) is 36.8 Å². The van der Waals surface area contributed by atoms with E-state index >= 15 is 0 Å². The van der Waals surface area contributed by atoms with E-state index in [9.17, 15) is 41.1 Å². The molecule has 0 spiro atoms. The molecule has 0 bridgehead atoms. The van der Waals surface area contributed by atoms with Gasteiger partial charge in [-0.2, -0.15) is 13.2 Å². The minimum Gasteiger partial charge on any atom is -0.475 e. The van der Waals surface area contributed by atoms with Crippen LogP contribution in [0.4, 0.5) is 31.5 Å². The summed E-state index contributed by atoms with van der Waals surface area (Å²) in [6, 6.07) is 15.5. The van der Waals surface area contributed by atoms with Gasteiger partial charge in [-0.15, -0.1) is 0 Å². The summed E-state index contributed by atoms with van der Waals surface area (Å²) in [5, 5.41) is 13.4. The molecule has 6 aromatic rings. The Morgan fingerprint density at radius 2 is 1.50 bits per heavy atom. The number of nitrogens with zero attached hydrogens (tertiary/aromatic N) is 5. The molecular weight excluding hydrogens is 926 g/mol. The van der Waals surface area contributed by atoms with E-state index in [0.717, 1.165) is 61.4 Å². The molecule has 5 N–H and O–H groups in total. The number of likely N-dealkylation sites (tertiary alicyclic amines) is 1. The zero-order valence-corrected chi connectivity index (χ0v) is 38.1. The number of aromatic nitrogens is 6. The van der Waals surface area contributed by atoms with Crippen molar-refractivity contribution in [3.05, 3.63) is 102 Å². The molecule has 368 valence electrons. The van der Waals surface area contributed by atoms with Gasteiger partial charge in [0.1, 0.15) is 23.5 Å². The van der Waals surface area contributed by atoms with E-state index in [4.69, 9.17) is 24.6 Å². The number of H-pyrrole nitrogens is 2. The van der Waals surface area contributed by atoms with Crippen molar-refractivity contribution < 1.29 is 60.5 Å². The van der Waals surface area contributed by atoms with Crippen LogP contribution in [0.2, 0.25) is 0 Å². The molecule has 1 unspecified atom stereocenters. The number of ketones is 1. The number of Topliss-reactive ketones (excluding diaryl/α,β-unsaturated/α-hetero) is 1. The van der Waals surface area contributed by atoms with Gasteiger partial charge in [-0.05, 0) is 59.2 Å². The summed E-state index contributed by atoms with van der Waals surface area (Å²) in [6.45, 7) is 3.23. The van der Waals surface area contributed by atoms with Gasteiger partial charge in [0.25, 0.3) is 5.92 Å². The monoisotopic (exact) mass is 973 g/mol. The molecule has 17 nitrogen and oxygen atoms in total. The van der Waals surface area contributed by atoms with Crippen molar-refractivity contribution in [2.45, 2.75) is 88.1 Å². The molecule has 0 saturated carbocycles. The van der Waals surface area contributed by atoms with Crippen LogP contribution in [0.15, 0.2) is 79.4 Å². The number of carbonyl (C=O) groups excluding carboxylic acids is 4. The first-order valence-corrected chi connectivity index (χ1v) is 22.2. The van der Waals surface area contributed by atoms with E-state index < -0.39 is 67.1 Å². The van der Waals surface area contributed by atoms with Crippen LogP contribution in [0.25, 0.3) is 44.5 Å². The zero-order valence-electron chi connectivity index (χ0n) is 38.1. The average Bonchev–Trinajstić information content (AvgIpc) is 4.15. The fourth-order valence-corrected chi connectivity index (χ4v) is 9.35. The summed E-state index contributed by atoms with van der Waals surface area (Å²) in [5.74, 6) is -6.53. The number of alkyl halides is 5. The number of carboxylic acid groups (broad SMARTS) is 1. The SMILES string of the molecule is COC(=O)N[C@H]1CCc2ccn3c2C1C(=O)C[C@H](c1ncc(-c2cnc4cc(-c5ccc(-c6cnc([C@@H]7CC(F)(F)CN7C(=O)[C@@H](NC(=O)OC)C(C)C)[nH]6)cc5)ccc4c2)[nH]1)C3.O=C(O)C(F)(F)F. The quantitative estimate of drug-likeness (QED) is 0.0875. The van der Waals surface area contributed by atoms with E-state index in [2.05, 4.69) is 41.0 Å². The number of rotatable bonds is 9. The number of hydrogen-bond acceptors (Lipinski definition) is 10. The van der Waals surface area contributed by atoms with Gasteiger partial charge in [-0.1, -0.05) is 50.2 Å². The highest BCUT2D eigenvalue weighted by Crippen LogP contribution is 2.42. The number of aromatic amines is 2. The van der Waals surface area contributed by atoms with Crippen LogP contribution in [0.5, 0.6) is 0 Å². The van der Waals surface area contributed by atoms with Crippen LogP contribution in [0.3, 0.4) is 0 Å². The second kappa shape index (κ2) is 19.4. The lowest BCUT2D eigenvalue weighted by Crippen LogP contribution is -2.51. The average molecular weight is 974 g/mol. The number of aliphatic carboxylic acids is 1. The van der Waals surface area contributed by atoms with E-state index in [1.165, 1.54) is 14.2 Å². The Hall–Kier alpha value is -7.65. The predicted molar refractivity (Wildman–Crippen MR) is 241 cm³/mol. The third-order valence-electron chi connectivity index (χ3n) is 12.8. The molecule has 70 heavy (non-hydrogen) atoms. The van der Waals surface area contributed by atoms with Crippen molar-refractivity contribution in [2.75, 3.05) is 20.8 Å². The largest absolute Gasteiger partial charge is 0.490 e. The minimum absolute atomic E-state index is 0.0644. The first-order chi connectivity index (χ1) is 33.2. The fourth-order valence-electron chi connectivity index (χ4n) is 9.35.